The van der Waals surface area contributed by atoms with Crippen LogP contribution in [0.2, 0.25) is 0 Å². The fourth-order valence-corrected chi connectivity index (χ4v) is 1.62. The summed E-state index contributed by atoms with van der Waals surface area (Å²) in [6.45, 7) is 1.63. The van der Waals surface area contributed by atoms with Crippen LogP contribution in [0.5, 0.6) is 0 Å². The molecule has 2 heteroatoms. The largest absolute Gasteiger partial charge is 0.377 e. The van der Waals surface area contributed by atoms with Crippen molar-refractivity contribution in [2.24, 2.45) is 0 Å². The van der Waals surface area contributed by atoms with E-state index in [1.807, 2.05) is 18.2 Å². The van der Waals surface area contributed by atoms with Crippen LogP contribution in [-0.4, -0.2) is 12.9 Å². The van der Waals surface area contributed by atoms with E-state index in [2.05, 4.69) is 12.1 Å². The third-order valence-electron chi connectivity index (χ3n) is 2.45. The minimum absolute atomic E-state index is 0.116. The molecule has 0 saturated heterocycles. The molecule has 2 nitrogen and oxygen atoms in total. The van der Waals surface area contributed by atoms with Crippen molar-refractivity contribution in [3.63, 3.8) is 0 Å². The van der Waals surface area contributed by atoms with E-state index < -0.39 is 0 Å². The number of methoxy groups -OCH3 is 1. The Morgan fingerprint density at radius 3 is 2.53 bits per heavy atom. The molecule has 0 aromatic heterocycles. The van der Waals surface area contributed by atoms with Crippen LogP contribution in [0, 0.1) is 0 Å². The predicted octanol–water partition coefficient (Wildman–Crippen LogP) is 3.13. The summed E-state index contributed by atoms with van der Waals surface area (Å²) in [7, 11) is 1.71. The van der Waals surface area contributed by atoms with Crippen molar-refractivity contribution in [3.8, 4) is 0 Å². The molecule has 1 rings (SSSR count). The number of carbonyl (C=O) groups excluding carboxylic acids is 1. The number of hydrogen-bond acceptors (Lipinski definition) is 2. The fourth-order valence-electron chi connectivity index (χ4n) is 1.62. The third-order valence-corrected chi connectivity index (χ3v) is 2.45. The first-order chi connectivity index (χ1) is 7.24. The molecule has 1 aromatic carbocycles. The Bertz CT molecular complexity index is 293. The summed E-state index contributed by atoms with van der Waals surface area (Å²) in [6, 6.07) is 10.1. The molecule has 1 aromatic rings. The van der Waals surface area contributed by atoms with E-state index in [0.29, 0.717) is 6.42 Å². The van der Waals surface area contributed by atoms with Gasteiger partial charge >= 0.3 is 0 Å². The highest BCUT2D eigenvalue weighted by Crippen LogP contribution is 2.22. The predicted molar refractivity (Wildman–Crippen MR) is 60.7 cm³/mol. The average Bonchev–Trinajstić information content (AvgIpc) is 2.25. The smallest absolute Gasteiger partial charge is 0.129 e. The standard InChI is InChI=1S/C13H18O2/c1-11(14)7-6-10-13(15-2)12-8-4-3-5-9-12/h3-5,8-9,13H,6-7,10H2,1-2H3. The minimum atomic E-state index is 0.116. The van der Waals surface area contributed by atoms with Crippen LogP contribution in [0.3, 0.4) is 0 Å². The lowest BCUT2D eigenvalue weighted by molar-refractivity contribution is -0.117. The second kappa shape index (κ2) is 6.36. The molecule has 0 heterocycles. The number of rotatable bonds is 6. The number of benzene rings is 1. The second-order valence-electron chi connectivity index (χ2n) is 3.73. The van der Waals surface area contributed by atoms with Gasteiger partial charge in [-0.15, -0.1) is 0 Å². The highest BCUT2D eigenvalue weighted by molar-refractivity contribution is 5.75. The number of hydrogen-bond donors (Lipinski definition) is 0. The molecule has 15 heavy (non-hydrogen) atoms. The van der Waals surface area contributed by atoms with E-state index >= 15 is 0 Å². The van der Waals surface area contributed by atoms with Gasteiger partial charge in [0.25, 0.3) is 0 Å². The quantitative estimate of drug-likeness (QED) is 0.714. The van der Waals surface area contributed by atoms with Gasteiger partial charge in [-0.2, -0.15) is 0 Å². The number of carbonyl (C=O) groups is 1. The number of ketones is 1. The first-order valence-corrected chi connectivity index (χ1v) is 5.31. The zero-order valence-corrected chi connectivity index (χ0v) is 9.40. The van der Waals surface area contributed by atoms with Crippen LogP contribution in [-0.2, 0) is 9.53 Å². The molecule has 0 fully saturated rings. The van der Waals surface area contributed by atoms with Gasteiger partial charge in [-0.05, 0) is 25.3 Å². The fraction of sp³-hybridized carbons (Fsp3) is 0.462. The van der Waals surface area contributed by atoms with E-state index in [9.17, 15) is 4.79 Å². The van der Waals surface area contributed by atoms with Gasteiger partial charge in [-0.3, -0.25) is 0 Å². The maximum atomic E-state index is 10.8. The molecule has 1 atom stereocenters. The van der Waals surface area contributed by atoms with E-state index in [-0.39, 0.29) is 11.9 Å². The summed E-state index contributed by atoms with van der Waals surface area (Å²) in [4.78, 5) is 10.8. The molecular weight excluding hydrogens is 188 g/mol. The van der Waals surface area contributed by atoms with Gasteiger partial charge in [0, 0.05) is 13.5 Å². The lowest BCUT2D eigenvalue weighted by Crippen LogP contribution is -2.02. The van der Waals surface area contributed by atoms with Gasteiger partial charge in [0.05, 0.1) is 6.10 Å². The van der Waals surface area contributed by atoms with Gasteiger partial charge in [0.15, 0.2) is 0 Å². The molecule has 0 aliphatic heterocycles. The van der Waals surface area contributed by atoms with Crippen molar-refractivity contribution in [1.29, 1.82) is 0 Å². The Hall–Kier alpha value is -1.15. The van der Waals surface area contributed by atoms with E-state index in [4.69, 9.17) is 4.74 Å². The third kappa shape index (κ3) is 4.26. The Morgan fingerprint density at radius 1 is 1.33 bits per heavy atom. The van der Waals surface area contributed by atoms with Crippen LogP contribution < -0.4 is 0 Å². The van der Waals surface area contributed by atoms with Crippen molar-refractivity contribution < 1.29 is 9.53 Å². The number of Topliss-reactive ketones (excluding diaryl/α,β-unsaturated/α-hetero) is 1. The van der Waals surface area contributed by atoms with Crippen molar-refractivity contribution in [3.05, 3.63) is 35.9 Å². The topological polar surface area (TPSA) is 26.3 Å². The average molecular weight is 206 g/mol. The zero-order valence-electron chi connectivity index (χ0n) is 9.40. The first kappa shape index (κ1) is 11.9. The molecule has 0 spiro atoms. The van der Waals surface area contributed by atoms with E-state index in [1.54, 1.807) is 14.0 Å². The van der Waals surface area contributed by atoms with Crippen molar-refractivity contribution in [2.45, 2.75) is 32.3 Å². The molecule has 0 N–H and O–H groups in total. The molecule has 0 amide bonds. The minimum Gasteiger partial charge on any atom is -0.377 e. The summed E-state index contributed by atoms with van der Waals surface area (Å²) in [5.74, 6) is 0.248. The Labute approximate surface area is 91.3 Å². The Kier molecular flexibility index (Phi) is 5.05. The van der Waals surface area contributed by atoms with Crippen molar-refractivity contribution in [1.82, 2.24) is 0 Å². The van der Waals surface area contributed by atoms with Gasteiger partial charge in [-0.1, -0.05) is 30.3 Å². The summed E-state index contributed by atoms with van der Waals surface area (Å²) >= 11 is 0. The molecule has 0 radical (unpaired) electrons. The zero-order chi connectivity index (χ0) is 11.1. The summed E-state index contributed by atoms with van der Waals surface area (Å²) in [5, 5.41) is 0. The van der Waals surface area contributed by atoms with Crippen LogP contribution in [0.4, 0.5) is 0 Å². The van der Waals surface area contributed by atoms with E-state index in [0.717, 1.165) is 12.8 Å². The van der Waals surface area contributed by atoms with Gasteiger partial charge in [-0.25, -0.2) is 0 Å². The molecule has 0 saturated carbocycles. The van der Waals surface area contributed by atoms with Crippen LogP contribution >= 0.6 is 0 Å². The lowest BCUT2D eigenvalue weighted by Gasteiger charge is -2.14. The Balaban J connectivity index is 2.46. The molecule has 0 bridgehead atoms. The first-order valence-electron chi connectivity index (χ1n) is 5.31. The van der Waals surface area contributed by atoms with Crippen LogP contribution in [0.1, 0.15) is 37.9 Å². The van der Waals surface area contributed by atoms with Crippen LogP contribution in [0.25, 0.3) is 0 Å². The van der Waals surface area contributed by atoms with Crippen LogP contribution in [0.15, 0.2) is 30.3 Å². The second-order valence-corrected chi connectivity index (χ2v) is 3.73. The monoisotopic (exact) mass is 206 g/mol. The molecule has 0 aliphatic carbocycles. The normalized spacial score (nSPS) is 12.4. The maximum absolute atomic E-state index is 10.8. The molecule has 0 aliphatic rings. The highest BCUT2D eigenvalue weighted by atomic mass is 16.5. The van der Waals surface area contributed by atoms with Crippen molar-refractivity contribution in [2.75, 3.05) is 7.11 Å². The summed E-state index contributed by atoms with van der Waals surface area (Å²) in [6.07, 6.45) is 2.56. The van der Waals surface area contributed by atoms with Crippen molar-refractivity contribution >= 4 is 5.78 Å². The summed E-state index contributed by atoms with van der Waals surface area (Å²) < 4.78 is 5.41. The van der Waals surface area contributed by atoms with Gasteiger partial charge < -0.3 is 9.53 Å². The SMILES string of the molecule is COC(CCCC(C)=O)c1ccccc1. The molecule has 1 unspecified atom stereocenters. The Morgan fingerprint density at radius 2 is 2.00 bits per heavy atom. The molecule has 82 valence electrons. The van der Waals surface area contributed by atoms with Gasteiger partial charge in [0.2, 0.25) is 0 Å². The lowest BCUT2D eigenvalue weighted by atomic mass is 10.0. The highest BCUT2D eigenvalue weighted by Gasteiger charge is 2.09. The molecular formula is C13H18O2. The number of ether oxygens (including phenoxy) is 1. The van der Waals surface area contributed by atoms with Gasteiger partial charge in [0.1, 0.15) is 5.78 Å². The summed E-state index contributed by atoms with van der Waals surface area (Å²) in [5.41, 5.74) is 1.18. The maximum Gasteiger partial charge on any atom is 0.129 e. The van der Waals surface area contributed by atoms with E-state index in [1.165, 1.54) is 5.56 Å².